The average Bonchev–Trinajstić information content (AvgIpc) is 3.50. The molecule has 8 heteroatoms. The number of halogens is 1. The van der Waals surface area contributed by atoms with E-state index in [-0.39, 0.29) is 5.82 Å². The number of hydrogen-bond acceptors (Lipinski definition) is 5. The van der Waals surface area contributed by atoms with Gasteiger partial charge in [-0.25, -0.2) is 9.37 Å². The van der Waals surface area contributed by atoms with E-state index in [2.05, 4.69) is 55.7 Å². The number of H-pyrrole nitrogens is 2. The van der Waals surface area contributed by atoms with Gasteiger partial charge in [0.15, 0.2) is 5.82 Å². The highest BCUT2D eigenvalue weighted by Crippen LogP contribution is 2.32. The second-order valence-electron chi connectivity index (χ2n) is 9.64. The first-order chi connectivity index (χ1) is 18.8. The van der Waals surface area contributed by atoms with Gasteiger partial charge in [-0.05, 0) is 62.5 Å². The zero-order valence-corrected chi connectivity index (χ0v) is 22.2. The van der Waals surface area contributed by atoms with Crippen LogP contribution in [-0.2, 0) is 0 Å². The van der Waals surface area contributed by atoms with E-state index in [0.717, 1.165) is 62.5 Å². The Bertz CT molecular complexity index is 1690. The lowest BCUT2D eigenvalue weighted by Crippen LogP contribution is -2.18. The summed E-state index contributed by atoms with van der Waals surface area (Å²) in [5.74, 6) is 0.349. The Hall–Kier alpha value is -4.82. The summed E-state index contributed by atoms with van der Waals surface area (Å²) in [5.41, 5.74) is 8.66. The summed E-state index contributed by atoms with van der Waals surface area (Å²) in [7, 11) is 4.00. The number of pyridine rings is 1. The molecule has 0 fully saturated rings. The van der Waals surface area contributed by atoms with E-state index in [0.29, 0.717) is 11.5 Å². The van der Waals surface area contributed by atoms with Crippen LogP contribution in [-0.4, -0.2) is 50.7 Å². The third-order valence-electron chi connectivity index (χ3n) is 6.27. The van der Waals surface area contributed by atoms with Gasteiger partial charge in [-0.3, -0.25) is 10.1 Å². The second-order valence-corrected chi connectivity index (χ2v) is 9.64. The van der Waals surface area contributed by atoms with Gasteiger partial charge in [0.2, 0.25) is 0 Å². The molecule has 0 atom stereocenters. The summed E-state index contributed by atoms with van der Waals surface area (Å²) in [6.45, 7) is 10.6. The summed E-state index contributed by atoms with van der Waals surface area (Å²) < 4.78 is 13.5. The van der Waals surface area contributed by atoms with Crippen molar-refractivity contribution in [3.63, 3.8) is 0 Å². The van der Waals surface area contributed by atoms with Crippen molar-refractivity contribution in [2.24, 2.45) is 0 Å². The number of nitrogens with zero attached hydrogens (tertiary/aromatic N) is 4. The van der Waals surface area contributed by atoms with E-state index in [1.165, 1.54) is 12.1 Å². The maximum atomic E-state index is 13.5. The Morgan fingerprint density at radius 3 is 2.62 bits per heavy atom. The van der Waals surface area contributed by atoms with Crippen molar-refractivity contribution in [2.45, 2.75) is 6.92 Å². The van der Waals surface area contributed by atoms with Gasteiger partial charge in [-0.2, -0.15) is 5.10 Å². The van der Waals surface area contributed by atoms with E-state index < -0.39 is 0 Å². The van der Waals surface area contributed by atoms with Crippen molar-refractivity contribution in [1.82, 2.24) is 30.0 Å². The number of allylic oxidation sites excluding steroid dienone is 2. The fourth-order valence-electron chi connectivity index (χ4n) is 4.56. The minimum atomic E-state index is -0.287. The van der Waals surface area contributed by atoms with Gasteiger partial charge in [0.25, 0.3) is 0 Å². The van der Waals surface area contributed by atoms with Crippen LogP contribution in [0.25, 0.3) is 39.1 Å². The van der Waals surface area contributed by atoms with E-state index in [1.54, 1.807) is 24.4 Å². The average molecular weight is 520 g/mol. The first kappa shape index (κ1) is 25.8. The van der Waals surface area contributed by atoms with Gasteiger partial charge in [0, 0.05) is 40.7 Å². The molecule has 0 aliphatic carbocycles. The van der Waals surface area contributed by atoms with Crippen LogP contribution >= 0.6 is 0 Å². The first-order valence-electron chi connectivity index (χ1n) is 12.5. The lowest BCUT2D eigenvalue weighted by molar-refractivity contribution is 0.447. The number of benzene rings is 2. The van der Waals surface area contributed by atoms with Crippen molar-refractivity contribution in [3.8, 4) is 22.6 Å². The van der Waals surface area contributed by atoms with E-state index in [4.69, 9.17) is 4.98 Å². The van der Waals surface area contributed by atoms with Crippen molar-refractivity contribution >= 4 is 22.2 Å². The number of hydrogen-bond donors (Lipinski definition) is 3. The number of aryl methyl sites for hydroxylation is 1. The summed E-state index contributed by atoms with van der Waals surface area (Å²) in [4.78, 5) is 14.8. The zero-order valence-electron chi connectivity index (χ0n) is 22.2. The first-order valence-corrected chi connectivity index (χ1v) is 12.5. The third-order valence-corrected chi connectivity index (χ3v) is 6.27. The van der Waals surface area contributed by atoms with Gasteiger partial charge < -0.3 is 15.2 Å². The molecule has 39 heavy (non-hydrogen) atoms. The Morgan fingerprint density at radius 2 is 1.87 bits per heavy atom. The van der Waals surface area contributed by atoms with Crippen LogP contribution in [0.5, 0.6) is 0 Å². The Morgan fingerprint density at radius 1 is 1.08 bits per heavy atom. The van der Waals surface area contributed by atoms with Crippen molar-refractivity contribution < 1.29 is 4.39 Å². The largest absolute Gasteiger partial charge is 0.357 e. The van der Waals surface area contributed by atoms with Crippen LogP contribution in [0.3, 0.4) is 0 Å². The molecule has 5 rings (SSSR count). The number of anilines is 1. The predicted octanol–water partition coefficient (Wildman–Crippen LogP) is 6.57. The van der Waals surface area contributed by atoms with Gasteiger partial charge in [0.1, 0.15) is 11.5 Å². The van der Waals surface area contributed by atoms with Crippen LogP contribution in [0.4, 0.5) is 10.1 Å². The fourth-order valence-corrected chi connectivity index (χ4v) is 4.56. The molecule has 3 N–H and O–H groups in total. The highest BCUT2D eigenvalue weighted by Gasteiger charge is 2.18. The number of rotatable bonds is 9. The Balaban J connectivity index is 1.50. The minimum absolute atomic E-state index is 0.287. The highest BCUT2D eigenvalue weighted by molar-refractivity contribution is 5.95. The molecule has 3 aromatic heterocycles. The van der Waals surface area contributed by atoms with Crippen molar-refractivity contribution in [1.29, 1.82) is 0 Å². The van der Waals surface area contributed by atoms with Crippen LogP contribution in [0.2, 0.25) is 0 Å². The zero-order chi connectivity index (χ0) is 27.5. The molecular formula is C31H30FN7. The molecule has 196 valence electrons. The molecule has 0 saturated carbocycles. The van der Waals surface area contributed by atoms with Gasteiger partial charge in [-0.15, -0.1) is 0 Å². The van der Waals surface area contributed by atoms with E-state index in [9.17, 15) is 4.39 Å². The molecule has 0 aliphatic rings. The van der Waals surface area contributed by atoms with E-state index >= 15 is 0 Å². The molecule has 0 spiro atoms. The van der Waals surface area contributed by atoms with Crippen LogP contribution in [0.15, 0.2) is 91.9 Å². The summed E-state index contributed by atoms with van der Waals surface area (Å²) in [6.07, 6.45) is 7.21. The van der Waals surface area contributed by atoms with Gasteiger partial charge >= 0.3 is 0 Å². The molecule has 0 bridgehead atoms. The molecule has 0 amide bonds. The monoisotopic (exact) mass is 519 g/mol. The lowest BCUT2D eigenvalue weighted by atomic mass is 10.0. The van der Waals surface area contributed by atoms with Crippen LogP contribution in [0.1, 0.15) is 17.0 Å². The maximum Gasteiger partial charge on any atom is 0.159 e. The Labute approximate surface area is 226 Å². The molecule has 0 saturated heterocycles. The number of aromatic nitrogens is 5. The maximum absolute atomic E-state index is 13.5. The fraction of sp³-hybridized carbons (Fsp3) is 0.129. The molecule has 0 unspecified atom stereocenters. The molecule has 0 aliphatic heterocycles. The number of likely N-dealkylation sites (N-methyl/N-ethyl adjacent to an activating group) is 1. The van der Waals surface area contributed by atoms with Crippen molar-refractivity contribution in [2.75, 3.05) is 26.0 Å². The smallest absolute Gasteiger partial charge is 0.159 e. The molecule has 5 aromatic rings. The predicted molar refractivity (Wildman–Crippen MR) is 157 cm³/mol. The van der Waals surface area contributed by atoms with E-state index in [1.807, 2.05) is 45.4 Å². The number of fused-ring (bicyclic) bond motifs is 1. The molecule has 7 nitrogen and oxygen atoms in total. The van der Waals surface area contributed by atoms with Crippen molar-refractivity contribution in [3.05, 3.63) is 115 Å². The lowest BCUT2D eigenvalue weighted by Gasteiger charge is -2.14. The second kappa shape index (κ2) is 10.9. The molecule has 2 aromatic carbocycles. The minimum Gasteiger partial charge on any atom is -0.357 e. The van der Waals surface area contributed by atoms with Gasteiger partial charge in [0.05, 0.1) is 23.1 Å². The third kappa shape index (κ3) is 5.56. The van der Waals surface area contributed by atoms with Gasteiger partial charge in [-0.1, -0.05) is 43.5 Å². The van der Waals surface area contributed by atoms with Crippen LogP contribution in [0, 0.1) is 12.7 Å². The number of nitrogens with one attached hydrogen (secondary N) is 3. The van der Waals surface area contributed by atoms with Crippen LogP contribution < -0.4 is 5.32 Å². The molecule has 3 heterocycles. The summed E-state index contributed by atoms with van der Waals surface area (Å²) in [5, 5.41) is 12.0. The number of imidazole rings is 1. The number of aromatic amines is 2. The summed E-state index contributed by atoms with van der Waals surface area (Å²) in [6, 6.07) is 14.5. The SMILES string of the molecule is C=C/C=C(/c1ccc(F)cc1)c1nc(-c2n[nH]c3ccc(-c4cncc(NC(=C)CN(C)C)c4)cc23)[nH]c1C. The Kier molecular flexibility index (Phi) is 7.21. The summed E-state index contributed by atoms with van der Waals surface area (Å²) >= 11 is 0. The quantitative estimate of drug-likeness (QED) is 0.192. The topological polar surface area (TPSA) is 85.5 Å². The highest BCUT2D eigenvalue weighted by atomic mass is 19.1. The standard InChI is InChI=1S/C31H30FN7/c1-6-7-26(21-8-11-24(32)12-9-21)29-20(3)35-31(36-29)30-27-15-22(10-13-28(27)37-38-30)23-14-25(17-33-16-23)34-19(2)18-39(4)5/h6-17,34H,1-2,18H2,3-5H3,(H,35,36)(H,37,38)/b26-7-. The molecular weight excluding hydrogens is 489 g/mol. The normalized spacial score (nSPS) is 11.8. The molecule has 0 radical (unpaired) electrons.